The smallest absolute Gasteiger partial charge is 0.418 e. The van der Waals surface area contributed by atoms with Crippen molar-refractivity contribution in [2.24, 2.45) is 0 Å². The maximum absolute atomic E-state index is 13.2. The standard InChI is InChI=1S/C17H16ClF3N2O2/c1-23(2)12-5-8-15(14(9-12)17(19,20)21)22-16(24)10-25-13-6-3-11(18)4-7-13/h3-9H,10H2,1-2H3,(H,22,24). The summed E-state index contributed by atoms with van der Waals surface area (Å²) in [6.45, 7) is -0.422. The molecule has 0 atom stereocenters. The molecule has 0 heterocycles. The Bertz CT molecular complexity index is 747. The summed E-state index contributed by atoms with van der Waals surface area (Å²) in [6.07, 6.45) is -4.59. The Balaban J connectivity index is 2.10. The molecule has 0 aliphatic carbocycles. The summed E-state index contributed by atoms with van der Waals surface area (Å²) in [5.41, 5.74) is -0.857. The van der Waals surface area contributed by atoms with Gasteiger partial charge in [-0.05, 0) is 42.5 Å². The monoisotopic (exact) mass is 372 g/mol. The third kappa shape index (κ3) is 5.29. The zero-order valence-electron chi connectivity index (χ0n) is 13.5. The van der Waals surface area contributed by atoms with Gasteiger partial charge in [-0.3, -0.25) is 4.79 Å². The number of carbonyl (C=O) groups is 1. The Morgan fingerprint density at radius 3 is 2.36 bits per heavy atom. The molecule has 2 rings (SSSR count). The van der Waals surface area contributed by atoms with Crippen LogP contribution in [0.1, 0.15) is 5.56 Å². The van der Waals surface area contributed by atoms with Crippen molar-refractivity contribution in [2.45, 2.75) is 6.18 Å². The highest BCUT2D eigenvalue weighted by molar-refractivity contribution is 6.30. The van der Waals surface area contributed by atoms with Crippen LogP contribution in [0.5, 0.6) is 5.75 Å². The minimum absolute atomic E-state index is 0.317. The maximum Gasteiger partial charge on any atom is 0.418 e. The number of ether oxygens (including phenoxy) is 1. The molecule has 0 saturated carbocycles. The number of alkyl halides is 3. The van der Waals surface area contributed by atoms with Gasteiger partial charge in [-0.25, -0.2) is 0 Å². The van der Waals surface area contributed by atoms with Gasteiger partial charge in [-0.1, -0.05) is 11.6 Å². The normalized spacial score (nSPS) is 11.1. The molecule has 2 aromatic rings. The summed E-state index contributed by atoms with van der Waals surface area (Å²) >= 11 is 5.73. The van der Waals surface area contributed by atoms with Gasteiger partial charge in [-0.2, -0.15) is 13.2 Å². The Hall–Kier alpha value is -2.41. The number of nitrogens with one attached hydrogen (secondary N) is 1. The second-order valence-electron chi connectivity index (χ2n) is 5.41. The second-order valence-corrected chi connectivity index (χ2v) is 5.85. The van der Waals surface area contributed by atoms with Crippen LogP contribution in [-0.4, -0.2) is 26.6 Å². The molecule has 1 amide bonds. The van der Waals surface area contributed by atoms with E-state index < -0.39 is 24.3 Å². The van der Waals surface area contributed by atoms with Gasteiger partial charge in [0.05, 0.1) is 11.3 Å². The molecular weight excluding hydrogens is 357 g/mol. The lowest BCUT2D eigenvalue weighted by molar-refractivity contribution is -0.137. The third-order valence-electron chi connectivity index (χ3n) is 3.28. The summed E-state index contributed by atoms with van der Waals surface area (Å²) in [5, 5.41) is 2.74. The first-order valence-corrected chi connectivity index (χ1v) is 7.61. The molecule has 0 bridgehead atoms. The van der Waals surface area contributed by atoms with Gasteiger partial charge in [-0.15, -0.1) is 0 Å². The number of rotatable bonds is 5. The van der Waals surface area contributed by atoms with Gasteiger partial charge in [0, 0.05) is 24.8 Å². The van der Waals surface area contributed by atoms with Crippen molar-refractivity contribution in [3.8, 4) is 5.75 Å². The van der Waals surface area contributed by atoms with Gasteiger partial charge in [0.25, 0.3) is 5.91 Å². The van der Waals surface area contributed by atoms with Crippen molar-refractivity contribution in [3.63, 3.8) is 0 Å². The zero-order chi connectivity index (χ0) is 18.6. The summed E-state index contributed by atoms with van der Waals surface area (Å²) in [7, 11) is 3.27. The molecule has 0 saturated heterocycles. The fourth-order valence-corrected chi connectivity index (χ4v) is 2.15. The average molecular weight is 373 g/mol. The fraction of sp³-hybridized carbons (Fsp3) is 0.235. The molecule has 0 radical (unpaired) electrons. The highest BCUT2D eigenvalue weighted by Gasteiger charge is 2.34. The first-order valence-electron chi connectivity index (χ1n) is 7.23. The van der Waals surface area contributed by atoms with Crippen molar-refractivity contribution in [1.29, 1.82) is 0 Å². The quantitative estimate of drug-likeness (QED) is 0.843. The topological polar surface area (TPSA) is 41.6 Å². The van der Waals surface area contributed by atoms with E-state index in [0.717, 1.165) is 6.07 Å². The Kier molecular flexibility index (Phi) is 5.79. The summed E-state index contributed by atoms with van der Waals surface area (Å²) < 4.78 is 44.9. The second kappa shape index (κ2) is 7.65. The van der Waals surface area contributed by atoms with Crippen LogP contribution in [0.2, 0.25) is 5.02 Å². The van der Waals surface area contributed by atoms with E-state index in [9.17, 15) is 18.0 Å². The van der Waals surface area contributed by atoms with Crippen LogP contribution < -0.4 is 15.0 Å². The molecule has 0 aliphatic heterocycles. The van der Waals surface area contributed by atoms with E-state index in [2.05, 4.69) is 5.32 Å². The fourth-order valence-electron chi connectivity index (χ4n) is 2.02. The zero-order valence-corrected chi connectivity index (χ0v) is 14.3. The molecule has 25 heavy (non-hydrogen) atoms. The average Bonchev–Trinajstić information content (AvgIpc) is 2.53. The molecule has 0 fully saturated rings. The molecule has 2 aromatic carbocycles. The number of carbonyl (C=O) groups excluding carboxylic acids is 1. The number of amides is 1. The minimum Gasteiger partial charge on any atom is -0.484 e. The van der Waals surface area contributed by atoms with Crippen molar-refractivity contribution in [2.75, 3.05) is 30.9 Å². The van der Waals surface area contributed by atoms with Gasteiger partial charge >= 0.3 is 6.18 Å². The largest absolute Gasteiger partial charge is 0.484 e. The van der Waals surface area contributed by atoms with E-state index in [0.29, 0.717) is 16.5 Å². The van der Waals surface area contributed by atoms with E-state index >= 15 is 0 Å². The lowest BCUT2D eigenvalue weighted by atomic mass is 10.1. The van der Waals surface area contributed by atoms with Gasteiger partial charge < -0.3 is 15.0 Å². The van der Waals surface area contributed by atoms with Crippen molar-refractivity contribution < 1.29 is 22.7 Å². The number of benzene rings is 2. The van der Waals surface area contributed by atoms with Gasteiger partial charge in [0.2, 0.25) is 0 Å². The lowest BCUT2D eigenvalue weighted by Gasteiger charge is -2.18. The van der Waals surface area contributed by atoms with Crippen molar-refractivity contribution in [1.82, 2.24) is 0 Å². The molecule has 134 valence electrons. The Morgan fingerprint density at radius 1 is 1.16 bits per heavy atom. The molecule has 8 heteroatoms. The van der Waals surface area contributed by atoms with E-state index in [1.165, 1.54) is 12.1 Å². The molecule has 4 nitrogen and oxygen atoms in total. The highest BCUT2D eigenvalue weighted by atomic mass is 35.5. The van der Waals surface area contributed by atoms with Gasteiger partial charge in [0.1, 0.15) is 5.75 Å². The molecular formula is C17H16ClF3N2O2. The minimum atomic E-state index is -4.59. The Labute approximate surface area is 148 Å². The molecule has 0 unspecified atom stereocenters. The van der Waals surface area contributed by atoms with E-state index in [4.69, 9.17) is 16.3 Å². The van der Waals surface area contributed by atoms with Crippen LogP contribution in [0.3, 0.4) is 0 Å². The summed E-state index contributed by atoms with van der Waals surface area (Å²) in [6, 6.07) is 9.97. The van der Waals surface area contributed by atoms with Crippen LogP contribution in [0.4, 0.5) is 24.5 Å². The lowest BCUT2D eigenvalue weighted by Crippen LogP contribution is -2.22. The number of anilines is 2. The number of halogens is 4. The molecule has 1 N–H and O–H groups in total. The van der Waals surface area contributed by atoms with Gasteiger partial charge in [0.15, 0.2) is 6.61 Å². The van der Waals surface area contributed by atoms with Crippen LogP contribution in [-0.2, 0) is 11.0 Å². The van der Waals surface area contributed by atoms with Crippen LogP contribution in [0.25, 0.3) is 0 Å². The summed E-state index contributed by atoms with van der Waals surface area (Å²) in [5.74, 6) is -0.309. The van der Waals surface area contributed by atoms with Crippen LogP contribution in [0, 0.1) is 0 Å². The molecule has 0 aromatic heterocycles. The maximum atomic E-state index is 13.2. The predicted molar refractivity (Wildman–Crippen MR) is 91.3 cm³/mol. The number of hydrogen-bond acceptors (Lipinski definition) is 3. The van der Waals surface area contributed by atoms with E-state index in [1.807, 2.05) is 0 Å². The van der Waals surface area contributed by atoms with Crippen LogP contribution >= 0.6 is 11.6 Å². The summed E-state index contributed by atoms with van der Waals surface area (Å²) in [4.78, 5) is 13.5. The first-order chi connectivity index (χ1) is 11.7. The van der Waals surface area contributed by atoms with Crippen molar-refractivity contribution >= 4 is 28.9 Å². The first kappa shape index (κ1) is 18.9. The highest BCUT2D eigenvalue weighted by Crippen LogP contribution is 2.37. The van der Waals surface area contributed by atoms with E-state index in [-0.39, 0.29) is 5.69 Å². The molecule has 0 spiro atoms. The number of hydrogen-bond donors (Lipinski definition) is 1. The SMILES string of the molecule is CN(C)c1ccc(NC(=O)COc2ccc(Cl)cc2)c(C(F)(F)F)c1. The Morgan fingerprint density at radius 2 is 1.80 bits per heavy atom. The van der Waals surface area contributed by atoms with E-state index in [1.54, 1.807) is 43.3 Å². The predicted octanol–water partition coefficient (Wildman–Crippen LogP) is 4.44. The number of nitrogens with zero attached hydrogens (tertiary/aromatic N) is 1. The van der Waals surface area contributed by atoms with Crippen LogP contribution in [0.15, 0.2) is 42.5 Å². The molecule has 0 aliphatic rings. The van der Waals surface area contributed by atoms with Crippen molar-refractivity contribution in [3.05, 3.63) is 53.1 Å². The third-order valence-corrected chi connectivity index (χ3v) is 3.53.